The molecule has 30 heavy (non-hydrogen) atoms. The largest absolute Gasteiger partial charge is 0.393 e. The van der Waals surface area contributed by atoms with Gasteiger partial charge in [0.1, 0.15) is 0 Å². The molecule has 0 aromatic rings. The minimum atomic E-state index is -0.537. The number of hydrogen-bond acceptors (Lipinski definition) is 2. The zero-order chi connectivity index (χ0) is 22.1. The molecule has 0 heterocycles. The fraction of sp³-hybridized carbons (Fsp3) is 0.786. The second kappa shape index (κ2) is 9.33. The Balaban J connectivity index is 1.70. The lowest BCUT2D eigenvalue weighted by molar-refractivity contribution is 0.0596. The smallest absolute Gasteiger partial charge is 0.0591 e. The monoisotopic (exact) mass is 414 g/mol. The molecule has 0 aromatic carbocycles. The molecule has 2 heteroatoms. The molecule has 0 saturated heterocycles. The minimum Gasteiger partial charge on any atom is -0.393 e. The average molecular weight is 415 g/mol. The Labute approximate surface area is 185 Å². The molecule has 0 bridgehead atoms. The van der Waals surface area contributed by atoms with Crippen LogP contribution < -0.4 is 0 Å². The molecule has 0 aliphatic heterocycles. The van der Waals surface area contributed by atoms with Crippen LogP contribution in [0.2, 0.25) is 0 Å². The second-order valence-corrected chi connectivity index (χ2v) is 11.7. The van der Waals surface area contributed by atoms with Gasteiger partial charge in [0.15, 0.2) is 0 Å². The molecule has 3 aliphatic carbocycles. The molecule has 5 unspecified atom stereocenters. The van der Waals surface area contributed by atoms with Gasteiger partial charge in [-0.2, -0.15) is 0 Å². The van der Waals surface area contributed by atoms with E-state index in [1.54, 1.807) is 5.57 Å². The van der Waals surface area contributed by atoms with Crippen molar-refractivity contribution in [2.75, 3.05) is 0 Å². The Morgan fingerprint density at radius 3 is 2.70 bits per heavy atom. The SMILES string of the molecule is C=C1/C(=C\C=C2/CCCC3(C)C2CCC3[C@@H](C)CCCC(C)(C)O)CC(O)CC1C. The van der Waals surface area contributed by atoms with Gasteiger partial charge in [-0.3, -0.25) is 0 Å². The van der Waals surface area contributed by atoms with Crippen LogP contribution in [0.1, 0.15) is 98.8 Å². The second-order valence-electron chi connectivity index (χ2n) is 11.7. The van der Waals surface area contributed by atoms with Gasteiger partial charge in [0.2, 0.25) is 0 Å². The van der Waals surface area contributed by atoms with Crippen LogP contribution in [0.4, 0.5) is 0 Å². The first-order valence-corrected chi connectivity index (χ1v) is 12.5. The van der Waals surface area contributed by atoms with Crippen molar-refractivity contribution in [3.05, 3.63) is 35.5 Å². The van der Waals surface area contributed by atoms with E-state index in [-0.39, 0.29) is 6.10 Å². The van der Waals surface area contributed by atoms with Gasteiger partial charge < -0.3 is 10.2 Å². The highest BCUT2D eigenvalue weighted by Gasteiger charge is 2.50. The normalized spacial score (nSPS) is 38.8. The molecule has 6 atom stereocenters. The van der Waals surface area contributed by atoms with Gasteiger partial charge >= 0.3 is 0 Å². The predicted molar refractivity (Wildman–Crippen MR) is 127 cm³/mol. The molecule has 3 saturated carbocycles. The molecule has 3 aliphatic rings. The van der Waals surface area contributed by atoms with E-state index >= 15 is 0 Å². The predicted octanol–water partition coefficient (Wildman–Crippen LogP) is 6.98. The molecule has 2 N–H and O–H groups in total. The van der Waals surface area contributed by atoms with Gasteiger partial charge in [-0.1, -0.05) is 57.9 Å². The number of rotatable bonds is 6. The van der Waals surface area contributed by atoms with Crippen molar-refractivity contribution in [1.29, 1.82) is 0 Å². The molecule has 0 radical (unpaired) electrons. The van der Waals surface area contributed by atoms with E-state index in [0.717, 1.165) is 37.5 Å². The fourth-order valence-corrected chi connectivity index (χ4v) is 6.99. The Kier molecular flexibility index (Phi) is 7.40. The van der Waals surface area contributed by atoms with Crippen molar-refractivity contribution in [3.8, 4) is 0 Å². The molecule has 3 fully saturated rings. The summed E-state index contributed by atoms with van der Waals surface area (Å²) in [6.07, 6.45) is 15.9. The third kappa shape index (κ3) is 5.30. The van der Waals surface area contributed by atoms with Crippen LogP contribution in [0.5, 0.6) is 0 Å². The summed E-state index contributed by atoms with van der Waals surface area (Å²) in [5, 5.41) is 20.2. The molecular weight excluding hydrogens is 368 g/mol. The summed E-state index contributed by atoms with van der Waals surface area (Å²) < 4.78 is 0. The molecular formula is C28H46O2. The summed E-state index contributed by atoms with van der Waals surface area (Å²) >= 11 is 0. The Hall–Kier alpha value is -0.860. The third-order valence-corrected chi connectivity index (χ3v) is 8.76. The van der Waals surface area contributed by atoms with Crippen molar-refractivity contribution in [2.45, 2.75) is 111 Å². The van der Waals surface area contributed by atoms with E-state index in [0.29, 0.717) is 17.3 Å². The molecule has 3 rings (SSSR count). The van der Waals surface area contributed by atoms with E-state index in [9.17, 15) is 10.2 Å². The van der Waals surface area contributed by atoms with Crippen LogP contribution in [-0.4, -0.2) is 21.9 Å². The van der Waals surface area contributed by atoms with Crippen LogP contribution in [0, 0.1) is 29.1 Å². The molecule has 170 valence electrons. The topological polar surface area (TPSA) is 40.5 Å². The highest BCUT2D eigenvalue weighted by molar-refractivity contribution is 5.37. The van der Waals surface area contributed by atoms with Crippen molar-refractivity contribution >= 4 is 0 Å². The Morgan fingerprint density at radius 1 is 1.27 bits per heavy atom. The summed E-state index contributed by atoms with van der Waals surface area (Å²) in [4.78, 5) is 0. The van der Waals surface area contributed by atoms with E-state index in [4.69, 9.17) is 0 Å². The maximum Gasteiger partial charge on any atom is 0.0591 e. The quantitative estimate of drug-likeness (QED) is 0.492. The van der Waals surface area contributed by atoms with Crippen LogP contribution in [0.15, 0.2) is 35.5 Å². The van der Waals surface area contributed by atoms with E-state index < -0.39 is 5.60 Å². The van der Waals surface area contributed by atoms with Gasteiger partial charge in [-0.05, 0) is 105 Å². The minimum absolute atomic E-state index is 0.215. The van der Waals surface area contributed by atoms with Crippen LogP contribution in [-0.2, 0) is 0 Å². The highest BCUT2D eigenvalue weighted by Crippen LogP contribution is 2.60. The van der Waals surface area contributed by atoms with Gasteiger partial charge in [-0.25, -0.2) is 0 Å². The number of fused-ring (bicyclic) bond motifs is 1. The van der Waals surface area contributed by atoms with Gasteiger partial charge in [0.25, 0.3) is 0 Å². The third-order valence-electron chi connectivity index (χ3n) is 8.76. The summed E-state index contributed by atoms with van der Waals surface area (Å²) in [5.74, 6) is 2.63. The van der Waals surface area contributed by atoms with Gasteiger partial charge in [0, 0.05) is 0 Å². The fourth-order valence-electron chi connectivity index (χ4n) is 6.99. The first-order valence-electron chi connectivity index (χ1n) is 12.5. The lowest BCUT2D eigenvalue weighted by atomic mass is 9.60. The Bertz CT molecular complexity index is 679. The first-order chi connectivity index (χ1) is 14.0. The van der Waals surface area contributed by atoms with Crippen molar-refractivity contribution in [2.24, 2.45) is 29.1 Å². The zero-order valence-corrected chi connectivity index (χ0v) is 20.2. The number of allylic oxidation sites excluding steroid dienone is 4. The molecule has 2 nitrogen and oxygen atoms in total. The average Bonchev–Trinajstić information content (AvgIpc) is 3.00. The van der Waals surface area contributed by atoms with Crippen molar-refractivity contribution < 1.29 is 10.2 Å². The maximum atomic E-state index is 10.2. The van der Waals surface area contributed by atoms with Crippen molar-refractivity contribution in [1.82, 2.24) is 0 Å². The summed E-state index contributed by atoms with van der Waals surface area (Å²) in [5.41, 5.74) is 4.01. The molecule has 0 aromatic heterocycles. The summed E-state index contributed by atoms with van der Waals surface area (Å²) in [7, 11) is 0. The Morgan fingerprint density at radius 2 is 2.00 bits per heavy atom. The van der Waals surface area contributed by atoms with Crippen LogP contribution in [0.25, 0.3) is 0 Å². The highest BCUT2D eigenvalue weighted by atomic mass is 16.3. The van der Waals surface area contributed by atoms with Gasteiger partial charge in [0.05, 0.1) is 11.7 Å². The van der Waals surface area contributed by atoms with E-state index in [1.165, 1.54) is 49.7 Å². The van der Waals surface area contributed by atoms with Gasteiger partial charge in [-0.15, -0.1) is 0 Å². The van der Waals surface area contributed by atoms with Crippen LogP contribution in [0.3, 0.4) is 0 Å². The maximum absolute atomic E-state index is 10.2. The lowest BCUT2D eigenvalue weighted by Gasteiger charge is -2.44. The standard InChI is InChI=1S/C28H46O2/c1-19(9-7-15-27(4,5)30)25-13-14-26-22(10-8-16-28(25,26)6)11-12-23-18-24(29)17-20(2)21(23)3/h11-12,19-20,24-26,29-30H,3,7-10,13-18H2,1-2,4-6H3/b22-11+,23-12-/t19-,20?,24?,25?,26?,28?/m0/s1. The zero-order valence-electron chi connectivity index (χ0n) is 20.2. The molecule has 0 spiro atoms. The lowest BCUT2D eigenvalue weighted by Crippen LogP contribution is -2.36. The number of hydrogen-bond donors (Lipinski definition) is 2. The van der Waals surface area contributed by atoms with E-state index in [2.05, 4.69) is 39.5 Å². The van der Waals surface area contributed by atoms with Crippen LogP contribution >= 0.6 is 0 Å². The molecule has 0 amide bonds. The summed E-state index contributed by atoms with van der Waals surface area (Å²) in [6.45, 7) is 15.4. The summed E-state index contributed by atoms with van der Waals surface area (Å²) in [6, 6.07) is 0. The number of aliphatic hydroxyl groups is 2. The number of aliphatic hydroxyl groups excluding tert-OH is 1. The van der Waals surface area contributed by atoms with Crippen molar-refractivity contribution in [3.63, 3.8) is 0 Å². The van der Waals surface area contributed by atoms with E-state index in [1.807, 2.05) is 13.8 Å². The first kappa shape index (κ1) is 23.8.